The van der Waals surface area contributed by atoms with Gasteiger partial charge in [0.1, 0.15) is 108 Å². The van der Waals surface area contributed by atoms with Crippen molar-refractivity contribution in [3.63, 3.8) is 0 Å². The Hall–Kier alpha value is -3.66. The standard InChI is InChI=1S/C40H60Cl2N12O20/c1-2-66-4-3-51-5-20(45-47-51)15-68-37-34(63)32(61)28(57)23(71-37)10-53-8-21(46-50-53)16-69-38-35(64)31(60)27(56)22(70-38)9-52-6-18(43-48-52)13-67-14-19-7-54(49-44-19)11-24-29(58)36(65)40(17-41,73-24)74-39-33(62)30(59)26(42)25(12-55)72-39/h5-8,22-39,55-65H,2-4,9-17H2,1H3/t22-,23-,24-,25-,26+,27+,28+,29-,30+,31+,32+,33-,34+,35+,36+,37-,38-,39+,40+/m1/s1. The molecule has 0 unspecified atom stereocenters. The topological polar surface area (TPSA) is 428 Å². The Morgan fingerprint density at radius 3 is 1.47 bits per heavy atom. The molecule has 32 nitrogen and oxygen atoms in total. The lowest BCUT2D eigenvalue weighted by Gasteiger charge is -2.43. The van der Waals surface area contributed by atoms with E-state index in [2.05, 4.69) is 41.2 Å². The van der Waals surface area contributed by atoms with Crippen molar-refractivity contribution in [2.75, 3.05) is 25.7 Å². The molecule has 0 radical (unpaired) electrons. The zero-order valence-electron chi connectivity index (χ0n) is 39.4. The highest BCUT2D eigenvalue weighted by atomic mass is 35.5. The fourth-order valence-electron chi connectivity index (χ4n) is 8.44. The third-order valence-corrected chi connectivity index (χ3v) is 13.5. The van der Waals surface area contributed by atoms with Crippen LogP contribution in [0.5, 0.6) is 0 Å². The summed E-state index contributed by atoms with van der Waals surface area (Å²) in [6.45, 7) is 1.77. The van der Waals surface area contributed by atoms with Crippen molar-refractivity contribution in [2.24, 2.45) is 0 Å². The highest BCUT2D eigenvalue weighted by Gasteiger charge is 2.58. The molecular weight excluding hydrogens is 1040 g/mol. The summed E-state index contributed by atoms with van der Waals surface area (Å²) in [5.74, 6) is -2.65. The molecule has 74 heavy (non-hydrogen) atoms. The van der Waals surface area contributed by atoms with Crippen molar-refractivity contribution in [1.82, 2.24) is 60.0 Å². The van der Waals surface area contributed by atoms with E-state index >= 15 is 0 Å². The van der Waals surface area contributed by atoms with Crippen LogP contribution in [0, 0.1) is 0 Å². The van der Waals surface area contributed by atoms with Crippen LogP contribution in [0.1, 0.15) is 29.7 Å². The minimum atomic E-state index is -2.11. The van der Waals surface area contributed by atoms with E-state index in [-0.39, 0.29) is 51.8 Å². The van der Waals surface area contributed by atoms with Crippen LogP contribution < -0.4 is 0 Å². The fourth-order valence-corrected chi connectivity index (χ4v) is 9.01. The molecule has 0 aromatic carbocycles. The predicted molar refractivity (Wildman–Crippen MR) is 237 cm³/mol. The Morgan fingerprint density at radius 1 is 0.541 bits per heavy atom. The Kier molecular flexibility index (Phi) is 19.3. The zero-order valence-corrected chi connectivity index (χ0v) is 40.9. The van der Waals surface area contributed by atoms with Crippen molar-refractivity contribution < 1.29 is 98.8 Å². The van der Waals surface area contributed by atoms with E-state index in [9.17, 15) is 56.2 Å². The van der Waals surface area contributed by atoms with Crippen LogP contribution in [0.25, 0.3) is 0 Å². The number of aliphatic hydroxyl groups is 11. The quantitative estimate of drug-likeness (QED) is 0.0229. The van der Waals surface area contributed by atoms with Crippen LogP contribution in [0.15, 0.2) is 24.8 Å². The van der Waals surface area contributed by atoms with Gasteiger partial charge in [-0.05, 0) is 6.92 Å². The van der Waals surface area contributed by atoms with Gasteiger partial charge in [0.05, 0.1) is 102 Å². The average molecular weight is 1100 g/mol. The highest BCUT2D eigenvalue weighted by molar-refractivity contribution is 6.21. The number of aliphatic hydroxyl groups excluding tert-OH is 11. The van der Waals surface area contributed by atoms with Crippen molar-refractivity contribution in [2.45, 2.75) is 175 Å². The number of nitrogens with zero attached hydrogens (tertiary/aromatic N) is 12. The van der Waals surface area contributed by atoms with E-state index in [0.29, 0.717) is 36.8 Å². The molecular formula is C40H60Cl2N12O20. The summed E-state index contributed by atoms with van der Waals surface area (Å²) in [6.07, 6.45) is -19.2. The second-order valence-electron chi connectivity index (χ2n) is 17.9. The molecule has 4 aromatic heterocycles. The number of rotatable bonds is 24. The van der Waals surface area contributed by atoms with Crippen LogP contribution in [0.4, 0.5) is 0 Å². The van der Waals surface area contributed by atoms with Crippen LogP contribution in [-0.2, 0) is 95.2 Å². The first-order valence-corrected chi connectivity index (χ1v) is 24.4. The summed E-state index contributed by atoms with van der Waals surface area (Å²) in [4.78, 5) is 0. The summed E-state index contributed by atoms with van der Waals surface area (Å²) in [5, 5.41) is 147. The van der Waals surface area contributed by atoms with Crippen molar-refractivity contribution in [3.8, 4) is 0 Å². The molecule has 34 heteroatoms. The lowest BCUT2D eigenvalue weighted by Crippen LogP contribution is -2.61. The maximum absolute atomic E-state index is 10.9. The zero-order chi connectivity index (χ0) is 52.8. The third-order valence-electron chi connectivity index (χ3n) is 12.5. The third kappa shape index (κ3) is 13.0. The van der Waals surface area contributed by atoms with E-state index < -0.39 is 128 Å². The first-order chi connectivity index (χ1) is 35.5. The van der Waals surface area contributed by atoms with E-state index in [1.54, 1.807) is 10.9 Å². The molecule has 8 rings (SSSR count). The summed E-state index contributed by atoms with van der Waals surface area (Å²) >= 11 is 12.2. The van der Waals surface area contributed by atoms with Crippen molar-refractivity contribution >= 4 is 23.2 Å². The normalized spacial score (nSPS) is 36.7. The molecule has 4 aliphatic rings. The first-order valence-electron chi connectivity index (χ1n) is 23.4. The van der Waals surface area contributed by atoms with Gasteiger partial charge in [-0.3, -0.25) is 0 Å². The van der Waals surface area contributed by atoms with E-state index in [4.69, 9.17) is 65.8 Å². The van der Waals surface area contributed by atoms with Gasteiger partial charge >= 0.3 is 0 Å². The smallest absolute Gasteiger partial charge is 0.214 e. The predicted octanol–water partition coefficient (Wildman–Crippen LogP) is -7.03. The SMILES string of the molecule is CCOCCn1cc(CO[C@@H]2O[C@H](Cn3cc(CO[C@@H]4O[C@H](Cn5cc(COCc6cn(C[C@H]7O[C@@](CCl)(O[C@@H]8O[C@H](CO)[C@H](Cl)[C@H](O)[C@H]8O)[C@@H](O)[C@@H]7O)nn6)nn5)[C@H](O)[C@H](O)[C@@H]4O)nn3)[C@H](O)[C@H](O)[C@@H]2O)nn1. The second kappa shape index (κ2) is 25.2. The minimum Gasteiger partial charge on any atom is -0.394 e. The van der Waals surface area contributed by atoms with Gasteiger partial charge in [-0.2, -0.15) is 0 Å². The lowest BCUT2D eigenvalue weighted by atomic mass is 9.99. The first kappa shape index (κ1) is 56.5. The maximum atomic E-state index is 10.9. The van der Waals surface area contributed by atoms with Gasteiger partial charge in [-0.1, -0.05) is 20.9 Å². The Labute approximate surface area is 429 Å². The molecule has 19 atom stereocenters. The molecule has 8 heterocycles. The average Bonchev–Trinajstić information content (AvgIpc) is 4.26. The van der Waals surface area contributed by atoms with Gasteiger partial charge in [-0.15, -0.1) is 43.6 Å². The summed E-state index contributed by atoms with van der Waals surface area (Å²) in [6, 6.07) is 0. The van der Waals surface area contributed by atoms with Gasteiger partial charge < -0.3 is 98.8 Å². The molecule has 4 fully saturated rings. The summed E-state index contributed by atoms with van der Waals surface area (Å²) in [7, 11) is 0. The monoisotopic (exact) mass is 1100 g/mol. The molecule has 0 saturated carbocycles. The molecule has 4 aromatic rings. The second-order valence-corrected chi connectivity index (χ2v) is 18.7. The molecule has 414 valence electrons. The number of alkyl halides is 2. The minimum absolute atomic E-state index is 0.0596. The number of halogens is 2. The Balaban J connectivity index is 0.775. The summed E-state index contributed by atoms with van der Waals surface area (Å²) in [5.41, 5.74) is 1.37. The van der Waals surface area contributed by atoms with Crippen LogP contribution in [-0.4, -0.2) is 257 Å². The number of hydrogen-bond donors (Lipinski definition) is 11. The van der Waals surface area contributed by atoms with Gasteiger partial charge in [0.25, 0.3) is 0 Å². The van der Waals surface area contributed by atoms with E-state index in [1.165, 1.54) is 32.6 Å². The van der Waals surface area contributed by atoms with Crippen LogP contribution in [0.2, 0.25) is 0 Å². The number of aromatic nitrogens is 12. The Bertz CT molecular complexity index is 2360. The van der Waals surface area contributed by atoms with E-state index in [0.717, 1.165) is 0 Å². The fraction of sp³-hybridized carbons (Fsp3) is 0.800. The molecule has 0 amide bonds. The van der Waals surface area contributed by atoms with Crippen LogP contribution >= 0.6 is 23.2 Å². The Morgan fingerprint density at radius 2 is 0.986 bits per heavy atom. The van der Waals surface area contributed by atoms with Crippen LogP contribution in [0.3, 0.4) is 0 Å². The highest BCUT2D eigenvalue weighted by Crippen LogP contribution is 2.38. The molecule has 0 bridgehead atoms. The van der Waals surface area contributed by atoms with Crippen molar-refractivity contribution in [3.05, 3.63) is 47.6 Å². The maximum Gasteiger partial charge on any atom is 0.214 e. The lowest BCUT2D eigenvalue weighted by molar-refractivity contribution is -0.358. The molecule has 4 saturated heterocycles. The van der Waals surface area contributed by atoms with Gasteiger partial charge in [0.2, 0.25) is 5.79 Å². The molecule has 11 N–H and O–H groups in total. The van der Waals surface area contributed by atoms with Gasteiger partial charge in [0.15, 0.2) is 18.9 Å². The largest absolute Gasteiger partial charge is 0.394 e. The summed E-state index contributed by atoms with van der Waals surface area (Å²) < 4.78 is 56.7. The van der Waals surface area contributed by atoms with Crippen molar-refractivity contribution in [1.29, 1.82) is 0 Å². The number of hydrogen-bond acceptors (Lipinski definition) is 28. The molecule has 0 aliphatic carbocycles. The van der Waals surface area contributed by atoms with Gasteiger partial charge in [0, 0.05) is 6.61 Å². The van der Waals surface area contributed by atoms with E-state index in [1.807, 2.05) is 6.92 Å². The van der Waals surface area contributed by atoms with Gasteiger partial charge in [-0.25, -0.2) is 18.7 Å². The number of ether oxygens (including phenoxy) is 9. The molecule has 4 aliphatic heterocycles. The molecule has 0 spiro atoms.